The van der Waals surface area contributed by atoms with Gasteiger partial charge in [0.15, 0.2) is 0 Å². The van der Waals surface area contributed by atoms with E-state index in [0.717, 1.165) is 0 Å². The van der Waals surface area contributed by atoms with E-state index >= 15 is 0 Å². The summed E-state index contributed by atoms with van der Waals surface area (Å²) in [5.41, 5.74) is 0. The van der Waals surface area contributed by atoms with Crippen LogP contribution in [0.25, 0.3) is 0 Å². The molecule has 0 saturated carbocycles. The average Bonchev–Trinajstić information content (AvgIpc) is 1.61. The molecule has 0 aromatic heterocycles. The summed E-state index contributed by atoms with van der Waals surface area (Å²) in [4.78, 5) is 9.60. The highest BCUT2D eigenvalue weighted by Gasteiger charge is 1.84. The minimum absolute atomic E-state index is 0. The molecule has 1 amide bonds. The lowest BCUT2D eigenvalue weighted by Gasteiger charge is -1.88. The fourth-order valence-corrected chi connectivity index (χ4v) is 0.159. The number of hydrogen-bond acceptors (Lipinski definition) is 1. The van der Waals surface area contributed by atoms with Gasteiger partial charge in [-0.05, 0) is 0 Å². The first kappa shape index (κ1) is 10.1. The Morgan fingerprint density at radius 1 is 1.88 bits per heavy atom. The Balaban J connectivity index is 0. The van der Waals surface area contributed by atoms with E-state index in [2.05, 4.69) is 11.9 Å². The molecular weight excluding hydrogens is 110 g/mol. The smallest absolute Gasteiger partial charge is 0.404 e. The maximum Gasteiger partial charge on any atom is 0.404 e. The summed E-state index contributed by atoms with van der Waals surface area (Å²) in [5, 5.41) is 9.98. The van der Waals surface area contributed by atoms with Gasteiger partial charge in [-0.15, -0.1) is 6.58 Å². The first-order chi connectivity index (χ1) is 3.27. The molecular formula is C4H9NO3. The quantitative estimate of drug-likeness (QED) is 0.485. The van der Waals surface area contributed by atoms with Gasteiger partial charge in [0.2, 0.25) is 0 Å². The Bertz CT molecular complexity index is 81.4. The third kappa shape index (κ3) is 8.88. The van der Waals surface area contributed by atoms with Crippen molar-refractivity contribution in [2.75, 3.05) is 6.54 Å². The van der Waals surface area contributed by atoms with Crippen molar-refractivity contribution in [2.24, 2.45) is 0 Å². The topological polar surface area (TPSA) is 80.8 Å². The van der Waals surface area contributed by atoms with Crippen LogP contribution in [0.5, 0.6) is 0 Å². The van der Waals surface area contributed by atoms with Crippen LogP contribution in [0.15, 0.2) is 12.7 Å². The van der Waals surface area contributed by atoms with Crippen LogP contribution in [-0.2, 0) is 0 Å². The molecule has 4 N–H and O–H groups in total. The second kappa shape index (κ2) is 5.97. The molecule has 4 nitrogen and oxygen atoms in total. The molecule has 0 heterocycles. The second-order valence-electron chi connectivity index (χ2n) is 0.975. The van der Waals surface area contributed by atoms with Gasteiger partial charge in [-0.3, -0.25) is 0 Å². The third-order valence-electron chi connectivity index (χ3n) is 0.398. The van der Waals surface area contributed by atoms with Crippen molar-refractivity contribution in [3.63, 3.8) is 0 Å². The van der Waals surface area contributed by atoms with Crippen molar-refractivity contribution in [1.82, 2.24) is 5.32 Å². The van der Waals surface area contributed by atoms with Crippen LogP contribution >= 0.6 is 0 Å². The zero-order chi connectivity index (χ0) is 5.70. The van der Waals surface area contributed by atoms with Crippen LogP contribution in [0.1, 0.15) is 0 Å². The maximum atomic E-state index is 9.60. The van der Waals surface area contributed by atoms with Crippen molar-refractivity contribution in [3.8, 4) is 0 Å². The Kier molecular flexibility index (Phi) is 7.51. The number of carboxylic acid groups (broad SMARTS) is 1. The van der Waals surface area contributed by atoms with Crippen LogP contribution in [0.4, 0.5) is 4.79 Å². The second-order valence-corrected chi connectivity index (χ2v) is 0.975. The molecule has 8 heavy (non-hydrogen) atoms. The molecule has 0 spiro atoms. The Hall–Kier alpha value is -1.03. The largest absolute Gasteiger partial charge is 0.465 e. The van der Waals surface area contributed by atoms with Gasteiger partial charge < -0.3 is 15.9 Å². The summed E-state index contributed by atoms with van der Waals surface area (Å²) >= 11 is 0. The molecule has 0 aromatic rings. The van der Waals surface area contributed by atoms with Crippen LogP contribution in [0.3, 0.4) is 0 Å². The van der Waals surface area contributed by atoms with Gasteiger partial charge in [-0.2, -0.15) is 0 Å². The highest BCUT2D eigenvalue weighted by Crippen LogP contribution is 1.59. The first-order valence-corrected chi connectivity index (χ1v) is 1.85. The fraction of sp³-hybridized carbons (Fsp3) is 0.250. The molecule has 0 aliphatic carbocycles. The van der Waals surface area contributed by atoms with Crippen molar-refractivity contribution in [2.45, 2.75) is 0 Å². The summed E-state index contributed by atoms with van der Waals surface area (Å²) in [6.07, 6.45) is 0.466. The van der Waals surface area contributed by atoms with Crippen molar-refractivity contribution in [1.29, 1.82) is 0 Å². The van der Waals surface area contributed by atoms with Crippen LogP contribution in [0.2, 0.25) is 0 Å². The molecule has 4 heteroatoms. The molecule has 0 fully saturated rings. The molecule has 0 bridgehead atoms. The van der Waals surface area contributed by atoms with Gasteiger partial charge in [0, 0.05) is 6.54 Å². The summed E-state index contributed by atoms with van der Waals surface area (Å²) in [5.74, 6) is 0. The Morgan fingerprint density at radius 2 is 2.38 bits per heavy atom. The van der Waals surface area contributed by atoms with E-state index in [9.17, 15) is 4.79 Å². The third-order valence-corrected chi connectivity index (χ3v) is 0.398. The molecule has 0 unspecified atom stereocenters. The van der Waals surface area contributed by atoms with Gasteiger partial charge in [-0.25, -0.2) is 4.79 Å². The predicted molar refractivity (Wildman–Crippen MR) is 29.8 cm³/mol. The van der Waals surface area contributed by atoms with Crippen molar-refractivity contribution < 1.29 is 15.4 Å². The number of rotatable bonds is 2. The van der Waals surface area contributed by atoms with Gasteiger partial charge >= 0.3 is 6.09 Å². The molecule has 0 aliphatic heterocycles. The van der Waals surface area contributed by atoms with Gasteiger partial charge in [0.1, 0.15) is 0 Å². The van der Waals surface area contributed by atoms with Crippen molar-refractivity contribution >= 4 is 6.09 Å². The lowest BCUT2D eigenvalue weighted by Crippen LogP contribution is -2.19. The molecule has 0 saturated heterocycles. The van der Waals surface area contributed by atoms with Crippen LogP contribution in [0, 0.1) is 0 Å². The van der Waals surface area contributed by atoms with E-state index in [1.54, 1.807) is 0 Å². The summed E-state index contributed by atoms with van der Waals surface area (Å²) in [6, 6.07) is 0. The number of amides is 1. The Labute approximate surface area is 47.1 Å². The zero-order valence-electron chi connectivity index (χ0n) is 4.35. The highest BCUT2D eigenvalue weighted by molar-refractivity contribution is 5.64. The fourth-order valence-electron chi connectivity index (χ4n) is 0.159. The molecule has 0 aliphatic rings. The lowest BCUT2D eigenvalue weighted by atomic mass is 10.6. The van der Waals surface area contributed by atoms with E-state index in [-0.39, 0.29) is 5.48 Å². The van der Waals surface area contributed by atoms with E-state index < -0.39 is 6.09 Å². The monoisotopic (exact) mass is 119 g/mol. The Morgan fingerprint density at radius 3 is 2.50 bits per heavy atom. The standard InChI is InChI=1S/C4H7NO2.H2O/c1-2-3-5-4(6)7;/h2,5H,1,3H2,(H,6,7);1H2. The molecule has 0 radical (unpaired) electrons. The maximum absolute atomic E-state index is 9.60. The molecule has 0 aromatic carbocycles. The molecule has 0 rings (SSSR count). The number of hydrogen-bond donors (Lipinski definition) is 2. The van der Waals surface area contributed by atoms with Crippen molar-refractivity contribution in [3.05, 3.63) is 12.7 Å². The van der Waals surface area contributed by atoms with Gasteiger partial charge in [0.05, 0.1) is 0 Å². The SMILES string of the molecule is C=CCNC(=O)O.O. The normalized spacial score (nSPS) is 6.50. The van der Waals surface area contributed by atoms with Gasteiger partial charge in [0.25, 0.3) is 0 Å². The zero-order valence-corrected chi connectivity index (χ0v) is 4.35. The molecule has 0 atom stereocenters. The number of nitrogens with one attached hydrogen (secondary N) is 1. The predicted octanol–water partition coefficient (Wildman–Crippen LogP) is -0.385. The minimum Gasteiger partial charge on any atom is -0.465 e. The molecule has 48 valence electrons. The van der Waals surface area contributed by atoms with E-state index in [1.807, 2.05) is 0 Å². The van der Waals surface area contributed by atoms with E-state index in [4.69, 9.17) is 5.11 Å². The van der Waals surface area contributed by atoms with Gasteiger partial charge in [-0.1, -0.05) is 6.08 Å². The van der Waals surface area contributed by atoms with E-state index in [0.29, 0.717) is 6.54 Å². The lowest BCUT2D eigenvalue weighted by molar-refractivity contribution is 0.195. The van der Waals surface area contributed by atoms with Crippen LogP contribution in [-0.4, -0.2) is 23.2 Å². The summed E-state index contributed by atoms with van der Waals surface area (Å²) in [6.45, 7) is 3.62. The highest BCUT2D eigenvalue weighted by atomic mass is 16.4. The summed E-state index contributed by atoms with van der Waals surface area (Å²) < 4.78 is 0. The summed E-state index contributed by atoms with van der Waals surface area (Å²) in [7, 11) is 0. The average molecular weight is 119 g/mol. The minimum atomic E-state index is -1.01. The first-order valence-electron chi connectivity index (χ1n) is 1.85. The van der Waals surface area contributed by atoms with Crippen LogP contribution < -0.4 is 5.32 Å². The van der Waals surface area contributed by atoms with E-state index in [1.165, 1.54) is 6.08 Å². The number of carbonyl (C=O) groups is 1.